The molecule has 0 spiro atoms. The molecule has 0 aliphatic rings. The molecule has 0 bridgehead atoms. The number of hydrogen-bond acceptors (Lipinski definition) is 4. The van der Waals surface area contributed by atoms with Crippen molar-refractivity contribution in [2.24, 2.45) is 5.92 Å². The number of rotatable bonds is 9. The van der Waals surface area contributed by atoms with Gasteiger partial charge in [-0.15, -0.1) is 0 Å². The van der Waals surface area contributed by atoms with Crippen LogP contribution in [0, 0.1) is 5.92 Å². The van der Waals surface area contributed by atoms with E-state index in [0.717, 1.165) is 55.6 Å². The van der Waals surface area contributed by atoms with E-state index in [4.69, 9.17) is 4.74 Å². The lowest BCUT2D eigenvalue weighted by atomic mass is 10.1. The number of nitrogens with zero attached hydrogens (tertiary/aromatic N) is 2. The molecule has 1 N–H and O–H groups in total. The topological polar surface area (TPSA) is 47.0 Å². The van der Waals surface area contributed by atoms with Crippen molar-refractivity contribution < 1.29 is 4.74 Å². The summed E-state index contributed by atoms with van der Waals surface area (Å²) in [4.78, 5) is 8.59. The van der Waals surface area contributed by atoms with Crippen LogP contribution in [0.5, 0.6) is 5.88 Å². The van der Waals surface area contributed by atoms with E-state index in [-0.39, 0.29) is 0 Å². The fourth-order valence-corrected chi connectivity index (χ4v) is 1.98. The van der Waals surface area contributed by atoms with Crippen molar-refractivity contribution >= 4 is 5.82 Å². The summed E-state index contributed by atoms with van der Waals surface area (Å²) in [6.45, 7) is 10.3. The van der Waals surface area contributed by atoms with Crippen molar-refractivity contribution in [3.05, 3.63) is 11.9 Å². The van der Waals surface area contributed by atoms with Gasteiger partial charge in [0.1, 0.15) is 12.1 Å². The lowest BCUT2D eigenvalue weighted by molar-refractivity contribution is 0.283. The highest BCUT2D eigenvalue weighted by atomic mass is 16.5. The summed E-state index contributed by atoms with van der Waals surface area (Å²) in [7, 11) is 0. The average Bonchev–Trinajstić information content (AvgIpc) is 2.38. The van der Waals surface area contributed by atoms with Gasteiger partial charge in [0.15, 0.2) is 0 Å². The van der Waals surface area contributed by atoms with E-state index in [0.29, 0.717) is 0 Å². The Hall–Kier alpha value is -1.32. The van der Waals surface area contributed by atoms with Gasteiger partial charge in [0.25, 0.3) is 0 Å². The molecular weight excluding hydrogens is 238 g/mol. The van der Waals surface area contributed by atoms with Crippen LogP contribution in [-0.2, 0) is 6.42 Å². The monoisotopic (exact) mass is 265 g/mol. The van der Waals surface area contributed by atoms with Gasteiger partial charge in [-0.25, -0.2) is 9.97 Å². The van der Waals surface area contributed by atoms with Crippen molar-refractivity contribution in [1.29, 1.82) is 0 Å². The second kappa shape index (κ2) is 8.73. The van der Waals surface area contributed by atoms with Gasteiger partial charge < -0.3 is 10.1 Å². The normalized spacial score (nSPS) is 10.8. The zero-order valence-electron chi connectivity index (χ0n) is 12.7. The molecule has 0 aromatic carbocycles. The van der Waals surface area contributed by atoms with Crippen LogP contribution in [0.15, 0.2) is 6.33 Å². The zero-order valence-corrected chi connectivity index (χ0v) is 12.7. The molecule has 0 atom stereocenters. The molecule has 0 saturated heterocycles. The summed E-state index contributed by atoms with van der Waals surface area (Å²) in [5.74, 6) is 2.39. The van der Waals surface area contributed by atoms with Gasteiger partial charge in [-0.3, -0.25) is 0 Å². The molecule has 0 unspecified atom stereocenters. The highest BCUT2D eigenvalue weighted by Crippen LogP contribution is 2.23. The van der Waals surface area contributed by atoms with Crippen molar-refractivity contribution in [2.45, 2.75) is 53.4 Å². The molecule has 0 radical (unpaired) electrons. The number of ether oxygens (including phenoxy) is 1. The average molecular weight is 265 g/mol. The molecule has 1 aromatic heterocycles. The number of aromatic nitrogens is 2. The van der Waals surface area contributed by atoms with E-state index in [1.165, 1.54) is 6.42 Å². The SMILES string of the molecule is CCCc1c(NCC)ncnc1OCCCC(C)C. The van der Waals surface area contributed by atoms with Gasteiger partial charge in [0.05, 0.1) is 12.2 Å². The molecule has 1 aromatic rings. The minimum atomic E-state index is 0.724. The summed E-state index contributed by atoms with van der Waals surface area (Å²) in [6, 6.07) is 0. The third-order valence-corrected chi connectivity index (χ3v) is 2.91. The lowest BCUT2D eigenvalue weighted by Crippen LogP contribution is -2.09. The first-order valence-electron chi connectivity index (χ1n) is 7.39. The molecule has 0 fully saturated rings. The summed E-state index contributed by atoms with van der Waals surface area (Å²) in [5, 5.41) is 3.28. The number of hydrogen-bond donors (Lipinski definition) is 1. The highest BCUT2D eigenvalue weighted by molar-refractivity contribution is 5.48. The van der Waals surface area contributed by atoms with E-state index >= 15 is 0 Å². The van der Waals surface area contributed by atoms with Crippen LogP contribution in [0.4, 0.5) is 5.82 Å². The van der Waals surface area contributed by atoms with E-state index < -0.39 is 0 Å². The van der Waals surface area contributed by atoms with Gasteiger partial charge in [0.2, 0.25) is 5.88 Å². The Morgan fingerprint density at radius 3 is 2.68 bits per heavy atom. The molecule has 4 heteroatoms. The lowest BCUT2D eigenvalue weighted by Gasteiger charge is -2.14. The van der Waals surface area contributed by atoms with Crippen molar-refractivity contribution in [3.63, 3.8) is 0 Å². The Bertz CT molecular complexity index is 366. The second-order valence-corrected chi connectivity index (χ2v) is 5.17. The Kier molecular flexibility index (Phi) is 7.23. The molecule has 0 aliphatic carbocycles. The summed E-state index contributed by atoms with van der Waals surface area (Å²) in [5.41, 5.74) is 1.11. The molecule has 19 heavy (non-hydrogen) atoms. The van der Waals surface area contributed by atoms with Crippen molar-refractivity contribution in [3.8, 4) is 5.88 Å². The maximum absolute atomic E-state index is 5.84. The molecular formula is C15H27N3O. The predicted octanol–water partition coefficient (Wildman–Crippen LogP) is 3.68. The number of anilines is 1. The van der Waals surface area contributed by atoms with Crippen LogP contribution >= 0.6 is 0 Å². The summed E-state index contributed by atoms with van der Waals surface area (Å²) >= 11 is 0. The zero-order chi connectivity index (χ0) is 14.1. The van der Waals surface area contributed by atoms with Crippen LogP contribution in [0.1, 0.15) is 52.5 Å². The van der Waals surface area contributed by atoms with Crippen LogP contribution < -0.4 is 10.1 Å². The van der Waals surface area contributed by atoms with Crippen LogP contribution in [0.3, 0.4) is 0 Å². The van der Waals surface area contributed by atoms with Crippen LogP contribution in [-0.4, -0.2) is 23.1 Å². The standard InChI is InChI=1S/C15H27N3O/c1-5-8-13-14(16-6-2)17-11-18-15(13)19-10-7-9-12(3)4/h11-12H,5-10H2,1-4H3,(H,16,17,18). The van der Waals surface area contributed by atoms with Gasteiger partial charge in [0, 0.05) is 6.54 Å². The fourth-order valence-electron chi connectivity index (χ4n) is 1.98. The third-order valence-electron chi connectivity index (χ3n) is 2.91. The van der Waals surface area contributed by atoms with E-state index in [2.05, 4.69) is 43.0 Å². The first-order chi connectivity index (χ1) is 9.19. The van der Waals surface area contributed by atoms with Crippen molar-refractivity contribution in [1.82, 2.24) is 9.97 Å². The van der Waals surface area contributed by atoms with Crippen molar-refractivity contribution in [2.75, 3.05) is 18.5 Å². The minimum absolute atomic E-state index is 0.724. The summed E-state index contributed by atoms with van der Waals surface area (Å²) in [6.07, 6.45) is 5.85. The molecule has 1 rings (SSSR count). The Labute approximate surface area is 117 Å². The molecule has 0 amide bonds. The molecule has 108 valence electrons. The minimum Gasteiger partial charge on any atom is -0.477 e. The first kappa shape index (κ1) is 15.7. The molecule has 4 nitrogen and oxygen atoms in total. The van der Waals surface area contributed by atoms with Gasteiger partial charge in [-0.1, -0.05) is 27.2 Å². The highest BCUT2D eigenvalue weighted by Gasteiger charge is 2.11. The summed E-state index contributed by atoms with van der Waals surface area (Å²) < 4.78 is 5.84. The van der Waals surface area contributed by atoms with Gasteiger partial charge >= 0.3 is 0 Å². The van der Waals surface area contributed by atoms with Crippen LogP contribution in [0.2, 0.25) is 0 Å². The molecule has 0 aliphatic heterocycles. The second-order valence-electron chi connectivity index (χ2n) is 5.17. The van der Waals surface area contributed by atoms with Gasteiger partial charge in [-0.05, 0) is 32.1 Å². The largest absolute Gasteiger partial charge is 0.477 e. The predicted molar refractivity (Wildman–Crippen MR) is 79.8 cm³/mol. The number of nitrogens with one attached hydrogen (secondary N) is 1. The van der Waals surface area contributed by atoms with Crippen LogP contribution in [0.25, 0.3) is 0 Å². The third kappa shape index (κ3) is 5.45. The molecule has 0 saturated carbocycles. The Balaban J connectivity index is 2.67. The Morgan fingerprint density at radius 1 is 1.26 bits per heavy atom. The molecule has 1 heterocycles. The van der Waals surface area contributed by atoms with E-state index in [9.17, 15) is 0 Å². The first-order valence-corrected chi connectivity index (χ1v) is 7.39. The Morgan fingerprint density at radius 2 is 2.05 bits per heavy atom. The smallest absolute Gasteiger partial charge is 0.221 e. The maximum Gasteiger partial charge on any atom is 0.221 e. The quantitative estimate of drug-likeness (QED) is 0.692. The van der Waals surface area contributed by atoms with Gasteiger partial charge in [-0.2, -0.15) is 0 Å². The maximum atomic E-state index is 5.84. The fraction of sp³-hybridized carbons (Fsp3) is 0.733. The van der Waals surface area contributed by atoms with E-state index in [1.54, 1.807) is 6.33 Å². The van der Waals surface area contributed by atoms with E-state index in [1.807, 2.05) is 0 Å².